The van der Waals surface area contributed by atoms with Gasteiger partial charge in [0.2, 0.25) is 0 Å². The fourth-order valence-corrected chi connectivity index (χ4v) is 13.0. The third-order valence-electron chi connectivity index (χ3n) is 13.2. The molecular weight excluding hydrogens is 749 g/mol. The SMILES string of the molecule is CC1(C)c2cc(-c3ccc4c(c3)sc3c5ccccc5c5sc6ccccc6c5c43)ccc2-c2ccc(-c3c4ccccc4c(-c4ccccc4)c4ccccc34)cc21. The first kappa shape index (κ1) is 33.4. The highest BCUT2D eigenvalue weighted by Crippen LogP contribution is 2.53. The highest BCUT2D eigenvalue weighted by atomic mass is 32.1. The van der Waals surface area contributed by atoms with Crippen LogP contribution in [0.1, 0.15) is 25.0 Å². The van der Waals surface area contributed by atoms with E-state index in [-0.39, 0.29) is 5.41 Å². The standard InChI is InChI=1S/C57H36S2/c1-57(2)47-30-34(35-25-29-46-50(32-35)59-56-44-21-11-10-20-43(44)55-53(54(46)56)45-22-12-13-23-49(45)58-55)24-27-37(47)38-28-26-36(31-48(38)57)52-41-18-8-6-16-39(41)51(33-14-4-3-5-15-33)40-17-7-9-19-42(40)52/h3-32H,1-2H3. The summed E-state index contributed by atoms with van der Waals surface area (Å²) >= 11 is 3.88. The van der Waals surface area contributed by atoms with E-state index < -0.39 is 0 Å². The largest absolute Gasteiger partial charge is 0.135 e. The lowest BCUT2D eigenvalue weighted by molar-refractivity contribution is 0.661. The smallest absolute Gasteiger partial charge is 0.0441 e. The second-order valence-electron chi connectivity index (χ2n) is 16.7. The Balaban J connectivity index is 0.953. The van der Waals surface area contributed by atoms with Crippen LogP contribution in [-0.2, 0) is 5.41 Å². The van der Waals surface area contributed by atoms with Crippen LogP contribution >= 0.6 is 22.7 Å². The Bertz CT molecular complexity index is 3690. The van der Waals surface area contributed by atoms with E-state index in [4.69, 9.17) is 0 Å². The molecule has 2 heterocycles. The summed E-state index contributed by atoms with van der Waals surface area (Å²) in [5.41, 5.74) is 13.0. The molecule has 1 aliphatic carbocycles. The molecular formula is C57H36S2. The molecule has 0 atom stereocenters. The van der Waals surface area contributed by atoms with Crippen molar-refractivity contribution in [1.29, 1.82) is 0 Å². The van der Waals surface area contributed by atoms with Crippen LogP contribution in [0, 0.1) is 0 Å². The van der Waals surface area contributed by atoms with Crippen molar-refractivity contribution in [2.24, 2.45) is 0 Å². The third-order valence-corrected chi connectivity index (χ3v) is 15.6. The van der Waals surface area contributed by atoms with Crippen LogP contribution in [0.25, 0.3) is 117 Å². The number of rotatable bonds is 3. The van der Waals surface area contributed by atoms with E-state index in [9.17, 15) is 0 Å². The van der Waals surface area contributed by atoms with E-state index in [1.54, 1.807) is 0 Å². The summed E-state index contributed by atoms with van der Waals surface area (Å²) in [4.78, 5) is 0. The first-order valence-electron chi connectivity index (χ1n) is 20.5. The lowest BCUT2D eigenvalue weighted by Crippen LogP contribution is -2.15. The van der Waals surface area contributed by atoms with E-state index in [1.165, 1.54) is 128 Å². The molecule has 0 bridgehead atoms. The summed E-state index contributed by atoms with van der Waals surface area (Å²) in [6.45, 7) is 4.83. The second kappa shape index (κ2) is 12.2. The minimum Gasteiger partial charge on any atom is -0.135 e. The van der Waals surface area contributed by atoms with Crippen LogP contribution in [0.3, 0.4) is 0 Å². The van der Waals surface area contributed by atoms with Gasteiger partial charge in [0.15, 0.2) is 0 Å². The maximum atomic E-state index is 2.49. The van der Waals surface area contributed by atoms with E-state index in [0.717, 1.165) is 0 Å². The normalized spacial score (nSPS) is 13.4. The van der Waals surface area contributed by atoms with Crippen LogP contribution in [-0.4, -0.2) is 0 Å². The summed E-state index contributed by atoms with van der Waals surface area (Å²) in [5, 5.41) is 13.4. The van der Waals surface area contributed by atoms with Gasteiger partial charge in [0.25, 0.3) is 0 Å². The van der Waals surface area contributed by atoms with Gasteiger partial charge in [-0.05, 0) is 101 Å². The minimum absolute atomic E-state index is 0.168. The van der Waals surface area contributed by atoms with Gasteiger partial charge in [-0.15, -0.1) is 22.7 Å². The molecule has 0 saturated heterocycles. The number of fused-ring (bicyclic) bond motifs is 15. The first-order valence-corrected chi connectivity index (χ1v) is 22.1. The lowest BCUT2D eigenvalue weighted by Gasteiger charge is -2.23. The summed E-state index contributed by atoms with van der Waals surface area (Å²) in [6.07, 6.45) is 0. The Labute approximate surface area is 350 Å². The topological polar surface area (TPSA) is 0 Å². The molecule has 13 rings (SSSR count). The van der Waals surface area contributed by atoms with Gasteiger partial charge in [-0.1, -0.05) is 172 Å². The molecule has 59 heavy (non-hydrogen) atoms. The summed E-state index contributed by atoms with van der Waals surface area (Å²) in [7, 11) is 0. The molecule has 0 saturated carbocycles. The maximum Gasteiger partial charge on any atom is 0.0441 e. The van der Waals surface area contributed by atoms with Crippen LogP contribution < -0.4 is 0 Å². The number of thiophene rings is 2. The van der Waals surface area contributed by atoms with Crippen molar-refractivity contribution in [3.8, 4) is 44.5 Å². The Kier molecular flexibility index (Phi) is 6.92. The third kappa shape index (κ3) is 4.65. The lowest BCUT2D eigenvalue weighted by atomic mass is 9.80. The monoisotopic (exact) mass is 784 g/mol. The van der Waals surface area contributed by atoms with Crippen molar-refractivity contribution >= 4 is 95.3 Å². The summed E-state index contributed by atoms with van der Waals surface area (Å²) in [6, 6.07) is 68.4. The molecule has 12 aromatic rings. The van der Waals surface area contributed by atoms with Gasteiger partial charge in [0.05, 0.1) is 0 Å². The van der Waals surface area contributed by atoms with Crippen LogP contribution in [0.4, 0.5) is 0 Å². The molecule has 10 aromatic carbocycles. The highest BCUT2D eigenvalue weighted by Gasteiger charge is 2.36. The highest BCUT2D eigenvalue weighted by molar-refractivity contribution is 7.29. The summed E-state index contributed by atoms with van der Waals surface area (Å²) < 4.78 is 5.48. The van der Waals surface area contributed by atoms with E-state index in [2.05, 4.69) is 196 Å². The van der Waals surface area contributed by atoms with Gasteiger partial charge in [-0.2, -0.15) is 0 Å². The molecule has 1 aliphatic rings. The zero-order valence-electron chi connectivity index (χ0n) is 32.6. The van der Waals surface area contributed by atoms with Gasteiger partial charge in [0.1, 0.15) is 0 Å². The fourth-order valence-electron chi connectivity index (χ4n) is 10.5. The molecule has 2 heteroatoms. The van der Waals surface area contributed by atoms with Crippen molar-refractivity contribution < 1.29 is 0 Å². The zero-order chi connectivity index (χ0) is 39.0. The quantitative estimate of drug-likeness (QED) is 0.157. The minimum atomic E-state index is -0.168. The van der Waals surface area contributed by atoms with Crippen molar-refractivity contribution in [3.05, 3.63) is 193 Å². The van der Waals surface area contributed by atoms with Crippen LogP contribution in [0.5, 0.6) is 0 Å². The van der Waals surface area contributed by atoms with Gasteiger partial charge in [0, 0.05) is 56.5 Å². The molecule has 0 fully saturated rings. The number of hydrogen-bond acceptors (Lipinski definition) is 2. The predicted octanol–water partition coefficient (Wildman–Crippen LogP) is 17.2. The Morgan fingerprint density at radius 1 is 0.322 bits per heavy atom. The summed E-state index contributed by atoms with van der Waals surface area (Å²) in [5.74, 6) is 0. The second-order valence-corrected chi connectivity index (χ2v) is 18.8. The van der Waals surface area contributed by atoms with Crippen molar-refractivity contribution in [2.45, 2.75) is 19.3 Å². The predicted molar refractivity (Wildman–Crippen MR) is 259 cm³/mol. The number of hydrogen-bond donors (Lipinski definition) is 0. The molecule has 0 N–H and O–H groups in total. The average molecular weight is 785 g/mol. The Morgan fingerprint density at radius 2 is 0.746 bits per heavy atom. The fraction of sp³-hybridized carbons (Fsp3) is 0.0526. The van der Waals surface area contributed by atoms with Gasteiger partial charge in [-0.3, -0.25) is 0 Å². The molecule has 0 amide bonds. The molecule has 276 valence electrons. The molecule has 0 aliphatic heterocycles. The van der Waals surface area contributed by atoms with Crippen LogP contribution in [0.2, 0.25) is 0 Å². The van der Waals surface area contributed by atoms with Gasteiger partial charge >= 0.3 is 0 Å². The van der Waals surface area contributed by atoms with Crippen molar-refractivity contribution in [2.75, 3.05) is 0 Å². The Morgan fingerprint density at radius 3 is 1.36 bits per heavy atom. The molecule has 0 nitrogen and oxygen atoms in total. The number of benzene rings is 10. The van der Waals surface area contributed by atoms with Crippen LogP contribution in [0.15, 0.2) is 182 Å². The average Bonchev–Trinajstić information content (AvgIpc) is 3.93. The van der Waals surface area contributed by atoms with Crippen molar-refractivity contribution in [3.63, 3.8) is 0 Å². The molecule has 0 spiro atoms. The van der Waals surface area contributed by atoms with Gasteiger partial charge < -0.3 is 0 Å². The van der Waals surface area contributed by atoms with E-state index in [0.29, 0.717) is 0 Å². The van der Waals surface area contributed by atoms with Crippen molar-refractivity contribution in [1.82, 2.24) is 0 Å². The molecule has 2 aromatic heterocycles. The Hall–Kier alpha value is -6.58. The molecule has 0 unspecified atom stereocenters. The van der Waals surface area contributed by atoms with Gasteiger partial charge in [-0.25, -0.2) is 0 Å². The zero-order valence-corrected chi connectivity index (χ0v) is 34.3. The maximum absolute atomic E-state index is 2.49. The van der Waals surface area contributed by atoms with E-state index >= 15 is 0 Å². The first-order chi connectivity index (χ1) is 29.0. The molecule has 0 radical (unpaired) electrons. The van der Waals surface area contributed by atoms with E-state index in [1.807, 2.05) is 22.7 Å².